The Morgan fingerprint density at radius 2 is 0.695 bits per heavy atom. The number of phenolic OH excluding ortho intramolecular Hbond substituents is 1. The van der Waals surface area contributed by atoms with E-state index in [4.69, 9.17) is 113 Å². The van der Waals surface area contributed by atoms with Gasteiger partial charge in [0.1, 0.15) is 22.6 Å². The highest BCUT2D eigenvalue weighted by atomic mass is 79.9. The highest BCUT2D eigenvalue weighted by molar-refractivity contribution is 9.09. The summed E-state index contributed by atoms with van der Waals surface area (Å²) in [5, 5.41) is 47.5. The number of aliphatic carboxylic acids is 1. The molecule has 22 nitrogen and oxygen atoms in total. The summed E-state index contributed by atoms with van der Waals surface area (Å²) in [5.74, 6) is -0.825. The summed E-state index contributed by atoms with van der Waals surface area (Å²) in [6, 6.07) is 19.3. The van der Waals surface area contributed by atoms with Crippen molar-refractivity contribution in [1.82, 2.24) is 40.8 Å². The number of hydrogen-bond acceptors (Lipinski definition) is 17. The van der Waals surface area contributed by atoms with Crippen LogP contribution in [0.4, 0.5) is 5.69 Å². The first-order valence-corrected chi connectivity index (χ1v) is 32.7. The minimum atomic E-state index is -1.09. The molecule has 0 fully saturated rings. The lowest BCUT2D eigenvalue weighted by atomic mass is 10.0. The van der Waals surface area contributed by atoms with Gasteiger partial charge in [-0.15, -0.1) is 0 Å². The molecular formula is C64H68BrCl8N9O13. The molecule has 0 amide bonds. The molecular weight excluding hydrogens is 1470 g/mol. The van der Waals surface area contributed by atoms with E-state index in [2.05, 4.69) is 66.2 Å². The lowest BCUT2D eigenvalue weighted by molar-refractivity contribution is -0.143. The van der Waals surface area contributed by atoms with Gasteiger partial charge in [0.2, 0.25) is 0 Å². The van der Waals surface area contributed by atoms with E-state index in [0.717, 1.165) is 5.56 Å². The van der Waals surface area contributed by atoms with Crippen LogP contribution >= 0.6 is 109 Å². The number of H-pyrrole nitrogens is 4. The fraction of sp³-hybridized carbons (Fsp3) is 0.328. The minimum Gasteiger partial charge on any atom is -0.508 e. The molecule has 0 spiro atoms. The van der Waals surface area contributed by atoms with Crippen molar-refractivity contribution in [3.63, 3.8) is 0 Å². The van der Waals surface area contributed by atoms with E-state index in [1.165, 1.54) is 38.5 Å². The largest absolute Gasteiger partial charge is 0.508 e. The maximum Gasteiger partial charge on any atom is 0.343 e. The number of hydrogen-bond donors (Lipinski definition) is 7. The van der Waals surface area contributed by atoms with Crippen LogP contribution in [-0.4, -0.2) is 102 Å². The lowest BCUT2D eigenvalue weighted by Gasteiger charge is -2.11. The number of aromatic hydroxyl groups is 1. The van der Waals surface area contributed by atoms with Gasteiger partial charge < -0.3 is 34.9 Å². The van der Waals surface area contributed by atoms with Gasteiger partial charge in [0.25, 0.3) is 22.2 Å². The molecule has 0 aliphatic rings. The third-order valence-electron chi connectivity index (χ3n) is 13.3. The van der Waals surface area contributed by atoms with Crippen LogP contribution in [0.25, 0.3) is 0 Å². The summed E-state index contributed by atoms with van der Waals surface area (Å²) in [7, 11) is 2.63. The minimum absolute atomic E-state index is 0.0149. The van der Waals surface area contributed by atoms with Crippen LogP contribution in [0.1, 0.15) is 146 Å². The number of aromatic amines is 4. The number of halogens is 9. The number of carboxylic acids is 1. The van der Waals surface area contributed by atoms with E-state index >= 15 is 0 Å². The summed E-state index contributed by atoms with van der Waals surface area (Å²) in [6.45, 7) is 14.8. The van der Waals surface area contributed by atoms with E-state index in [0.29, 0.717) is 139 Å². The summed E-state index contributed by atoms with van der Waals surface area (Å²) in [5.41, 5.74) is 13.4. The standard InChI is InChI=1S/C17H18Cl2N2O4.C16H16Cl2N2O4.C14H15Cl2N3O.C14H14Cl2N2O2.C3H5BrO2/c1-9(2)12-4-10(20-21-17(12)23)5-13-14(18)6-11(7-15(13)19)25-8-16(22)24-3;1-8(2)11-3-9(19-20-16(11)23)4-12-13(17)5-10(6-14(12)18)24-7-15(21)22;1-7(2)10-5-9(18-19-14(10)20)6-11-12(15)3-8(17)4-13(11)16;1-7(2)10-3-8(17-18-14(10)20)4-11-12(15)5-9(19)6-13(11)16;1-6-3(5)2-4/h4,6-7,9H,5,8H2,1-3H3,(H,21,23);3,5-6,8H,4,7H2,1-2H3,(H,20,23)(H,21,22);3-5,7H,6,17H2,1-2H3,(H,19,20);3,5-7,19H,4H2,1-2H3,(H,18,20);2H2,1H3. The van der Waals surface area contributed by atoms with Gasteiger partial charge in [-0.2, -0.15) is 20.4 Å². The zero-order valence-corrected chi connectivity index (χ0v) is 60.5. The van der Waals surface area contributed by atoms with Gasteiger partial charge in [-0.1, -0.05) is 164 Å². The molecule has 0 bridgehead atoms. The Hall–Kier alpha value is -7.19. The van der Waals surface area contributed by atoms with Crippen molar-refractivity contribution in [2.75, 3.05) is 38.5 Å². The predicted molar refractivity (Wildman–Crippen MR) is 375 cm³/mol. The molecule has 8 rings (SSSR count). The summed E-state index contributed by atoms with van der Waals surface area (Å²) in [4.78, 5) is 78.4. The topological polar surface area (TPSA) is 338 Å². The van der Waals surface area contributed by atoms with Crippen LogP contribution in [-0.2, 0) is 49.5 Å². The number of carboxylic acid groups (broad SMARTS) is 1. The Morgan fingerprint density at radius 3 is 0.926 bits per heavy atom. The average molecular weight is 1530 g/mol. The molecule has 0 atom stereocenters. The molecule has 4 aromatic carbocycles. The van der Waals surface area contributed by atoms with Gasteiger partial charge >= 0.3 is 17.9 Å². The van der Waals surface area contributed by atoms with Crippen LogP contribution in [0.2, 0.25) is 40.2 Å². The Morgan fingerprint density at radius 1 is 0.442 bits per heavy atom. The number of alkyl halides is 1. The summed E-state index contributed by atoms with van der Waals surface area (Å²) < 4.78 is 19.1. The number of esters is 2. The van der Waals surface area contributed by atoms with Crippen molar-refractivity contribution in [1.29, 1.82) is 0 Å². The smallest absolute Gasteiger partial charge is 0.343 e. The molecule has 0 saturated heterocycles. The number of nitrogens with two attached hydrogens (primary N) is 1. The third kappa shape index (κ3) is 25.4. The molecule has 0 aliphatic heterocycles. The Bertz CT molecular complexity index is 4020. The number of phenols is 1. The van der Waals surface area contributed by atoms with Crippen LogP contribution in [0, 0.1) is 0 Å². The first-order valence-electron chi connectivity index (χ1n) is 28.5. The molecule has 4 aromatic heterocycles. The normalized spacial score (nSPS) is 10.7. The number of ether oxygens (including phenoxy) is 4. The number of carbonyl (C=O) groups excluding carboxylic acids is 2. The fourth-order valence-corrected chi connectivity index (χ4v) is 11.0. The summed E-state index contributed by atoms with van der Waals surface area (Å²) >= 11 is 52.4. The Labute approximate surface area is 594 Å². The van der Waals surface area contributed by atoms with E-state index in [-0.39, 0.29) is 75.3 Å². The van der Waals surface area contributed by atoms with Gasteiger partial charge in [0.15, 0.2) is 13.2 Å². The number of anilines is 1. The first-order chi connectivity index (χ1) is 44.7. The van der Waals surface area contributed by atoms with Crippen molar-refractivity contribution >= 4 is 132 Å². The number of aromatic nitrogens is 8. The monoisotopic (exact) mass is 1530 g/mol. The number of nitrogens with zero attached hydrogens (tertiary/aromatic N) is 4. The van der Waals surface area contributed by atoms with E-state index in [9.17, 15) is 38.7 Å². The number of nitrogen functional groups attached to an aromatic ring is 1. The molecule has 0 saturated carbocycles. The molecule has 8 aromatic rings. The quantitative estimate of drug-likeness (QED) is 0.0225. The maximum atomic E-state index is 11.8. The van der Waals surface area contributed by atoms with E-state index < -0.39 is 18.5 Å². The van der Waals surface area contributed by atoms with Gasteiger partial charge in [-0.25, -0.2) is 30.0 Å². The fourth-order valence-electron chi connectivity index (χ4n) is 8.27. The molecule has 510 valence electrons. The lowest BCUT2D eigenvalue weighted by Crippen LogP contribution is -2.17. The molecule has 31 heteroatoms. The first kappa shape index (κ1) is 80.2. The van der Waals surface area contributed by atoms with Crippen molar-refractivity contribution in [2.45, 2.75) is 105 Å². The van der Waals surface area contributed by atoms with Crippen LogP contribution in [0.3, 0.4) is 0 Å². The molecule has 0 radical (unpaired) electrons. The molecule has 95 heavy (non-hydrogen) atoms. The zero-order valence-electron chi connectivity index (χ0n) is 52.8. The molecule has 8 N–H and O–H groups in total. The highest BCUT2D eigenvalue weighted by Crippen LogP contribution is 2.35. The van der Waals surface area contributed by atoms with Crippen LogP contribution in [0.5, 0.6) is 17.2 Å². The third-order valence-corrected chi connectivity index (χ3v) is 16.4. The zero-order chi connectivity index (χ0) is 71.1. The van der Waals surface area contributed by atoms with E-state index in [1.54, 1.807) is 48.5 Å². The van der Waals surface area contributed by atoms with Gasteiger partial charge in [0, 0.05) is 93.8 Å². The Balaban J connectivity index is 0.000000263. The number of benzene rings is 4. The predicted octanol–water partition coefficient (Wildman–Crippen LogP) is 14.0. The number of rotatable bonds is 19. The number of methoxy groups -OCH3 is 2. The van der Waals surface area contributed by atoms with Crippen molar-refractivity contribution in [2.24, 2.45) is 0 Å². The molecule has 0 aliphatic carbocycles. The Kier molecular flexibility index (Phi) is 32.5. The van der Waals surface area contributed by atoms with Crippen molar-refractivity contribution in [3.05, 3.63) is 222 Å². The number of nitrogens with one attached hydrogen (secondary N) is 4. The van der Waals surface area contributed by atoms with E-state index in [1.807, 2.05) is 55.4 Å². The molecule has 0 unspecified atom stereocenters. The highest BCUT2D eigenvalue weighted by Gasteiger charge is 2.19. The van der Waals surface area contributed by atoms with Gasteiger partial charge in [-0.05, 0) is 119 Å². The average Bonchev–Trinajstić information content (AvgIpc) is 0.847. The second-order valence-corrected chi connectivity index (χ2v) is 25.6. The van der Waals surface area contributed by atoms with Crippen molar-refractivity contribution < 1.29 is 43.5 Å². The van der Waals surface area contributed by atoms with Crippen LogP contribution in [0.15, 0.2) is 92.0 Å². The summed E-state index contributed by atoms with van der Waals surface area (Å²) in [6.07, 6.45) is 1.50. The van der Waals surface area contributed by atoms with Crippen molar-refractivity contribution in [3.8, 4) is 17.2 Å². The second-order valence-electron chi connectivity index (χ2n) is 21.7. The SMILES string of the molecule is CC(C)c1cc(Cc2c(Cl)cc(N)cc2Cl)n[nH]c1=O.CC(C)c1cc(Cc2c(Cl)cc(O)cc2Cl)n[nH]c1=O.CC(C)c1cc(Cc2c(Cl)cc(OCC(=O)O)cc2Cl)n[nH]c1=O.COC(=O)CBr.COC(=O)COc1cc(Cl)c(Cc2cc(C(C)C)c(=O)[nH]n2)c(Cl)c1. The second kappa shape index (κ2) is 38.5. The molecule has 4 heterocycles. The van der Waals surface area contributed by atoms with Crippen LogP contribution < -0.4 is 37.4 Å². The van der Waals surface area contributed by atoms with Gasteiger partial charge in [-0.3, -0.25) is 24.0 Å². The number of carbonyl (C=O) groups is 3. The van der Waals surface area contributed by atoms with Gasteiger partial charge in [0.05, 0.1) is 37.0 Å². The maximum absolute atomic E-state index is 11.8.